The summed E-state index contributed by atoms with van der Waals surface area (Å²) in [6, 6.07) is 9.74. The van der Waals surface area contributed by atoms with E-state index in [4.69, 9.17) is 0 Å². The van der Waals surface area contributed by atoms with Crippen LogP contribution >= 0.6 is 0 Å². The van der Waals surface area contributed by atoms with E-state index in [1.807, 2.05) is 36.5 Å². The number of nitrogens with one attached hydrogen (secondary N) is 2. The second-order valence-electron chi connectivity index (χ2n) is 9.93. The van der Waals surface area contributed by atoms with Crippen LogP contribution < -0.4 is 10.7 Å². The van der Waals surface area contributed by atoms with Crippen molar-refractivity contribution in [3.05, 3.63) is 47.5 Å². The fourth-order valence-electron chi connectivity index (χ4n) is 5.58. The predicted molar refractivity (Wildman–Crippen MR) is 119 cm³/mol. The van der Waals surface area contributed by atoms with Crippen LogP contribution in [0.5, 0.6) is 0 Å². The predicted octanol–water partition coefficient (Wildman–Crippen LogP) is 4.03. The van der Waals surface area contributed by atoms with Gasteiger partial charge < -0.3 is 5.32 Å². The third-order valence-corrected chi connectivity index (χ3v) is 7.51. The SMILES string of the molecule is C[C@@H]1CC2=CCCC(C)(C)[C@@H]2C[C@@H]1C=NNC(=O)[C@@H]1C(=O)NC[C@H]1c1ccccc1. The maximum absolute atomic E-state index is 12.8. The van der Waals surface area contributed by atoms with Gasteiger partial charge in [-0.1, -0.05) is 62.8 Å². The Kier molecular flexibility index (Phi) is 5.81. The molecule has 1 aromatic rings. The summed E-state index contributed by atoms with van der Waals surface area (Å²) < 4.78 is 0. The highest BCUT2D eigenvalue weighted by Crippen LogP contribution is 2.50. The maximum atomic E-state index is 12.8. The molecule has 1 saturated carbocycles. The van der Waals surface area contributed by atoms with Crippen LogP contribution in [0.4, 0.5) is 0 Å². The number of hydrogen-bond acceptors (Lipinski definition) is 3. The number of rotatable bonds is 4. The minimum atomic E-state index is -0.736. The van der Waals surface area contributed by atoms with Gasteiger partial charge in [0.2, 0.25) is 5.91 Å². The van der Waals surface area contributed by atoms with Gasteiger partial charge in [-0.15, -0.1) is 0 Å². The highest BCUT2D eigenvalue weighted by molar-refractivity contribution is 6.03. The van der Waals surface area contributed by atoms with Crippen LogP contribution in [0.1, 0.15) is 57.9 Å². The molecule has 5 heteroatoms. The molecule has 1 aromatic carbocycles. The van der Waals surface area contributed by atoms with Gasteiger partial charge in [0.1, 0.15) is 5.92 Å². The number of carbonyl (C=O) groups excluding carboxylic acids is 2. The molecule has 1 heterocycles. The molecule has 2 N–H and O–H groups in total. The number of fused-ring (bicyclic) bond motifs is 1. The van der Waals surface area contributed by atoms with Crippen molar-refractivity contribution in [2.75, 3.05) is 6.54 Å². The maximum Gasteiger partial charge on any atom is 0.253 e. The zero-order chi connectivity index (χ0) is 21.3. The summed E-state index contributed by atoms with van der Waals surface area (Å²) in [4.78, 5) is 25.1. The van der Waals surface area contributed by atoms with Crippen molar-refractivity contribution in [2.45, 2.75) is 52.4 Å². The summed E-state index contributed by atoms with van der Waals surface area (Å²) >= 11 is 0. The molecule has 3 aliphatic rings. The van der Waals surface area contributed by atoms with Crippen molar-refractivity contribution in [3.63, 3.8) is 0 Å². The van der Waals surface area contributed by atoms with Gasteiger partial charge in [0.05, 0.1) is 0 Å². The van der Waals surface area contributed by atoms with Gasteiger partial charge in [0.15, 0.2) is 0 Å². The number of allylic oxidation sites excluding steroid dienone is 2. The van der Waals surface area contributed by atoms with E-state index in [9.17, 15) is 9.59 Å². The molecule has 5 atom stereocenters. The number of carbonyl (C=O) groups is 2. The molecule has 0 unspecified atom stereocenters. The standard InChI is InChI=1S/C25H33N3O2/c1-16-12-18-10-7-11-25(2,3)21(18)13-19(16)14-27-28-24(30)22-20(15-26-23(22)29)17-8-5-4-6-9-17/h4-6,8-10,14,16,19-22H,7,11-13,15H2,1-3H3,(H,26,29)(H,28,30)/t16-,19-,20+,21-,22+/m1/s1. The molecule has 30 heavy (non-hydrogen) atoms. The van der Waals surface area contributed by atoms with Gasteiger partial charge in [-0.25, -0.2) is 5.43 Å². The van der Waals surface area contributed by atoms with Gasteiger partial charge in [0.25, 0.3) is 5.91 Å². The number of nitrogens with zero attached hydrogens (tertiary/aromatic N) is 1. The Morgan fingerprint density at radius 3 is 2.80 bits per heavy atom. The van der Waals surface area contributed by atoms with E-state index in [1.165, 1.54) is 12.8 Å². The van der Waals surface area contributed by atoms with Crippen molar-refractivity contribution in [3.8, 4) is 0 Å². The monoisotopic (exact) mass is 407 g/mol. The average molecular weight is 408 g/mol. The molecule has 0 bridgehead atoms. The Morgan fingerprint density at radius 2 is 2.03 bits per heavy atom. The summed E-state index contributed by atoms with van der Waals surface area (Å²) in [5.74, 6) is 0.00979. The van der Waals surface area contributed by atoms with Crippen LogP contribution in [0.15, 0.2) is 47.1 Å². The smallest absolute Gasteiger partial charge is 0.253 e. The molecular weight excluding hydrogens is 374 g/mol. The summed E-state index contributed by atoms with van der Waals surface area (Å²) in [7, 11) is 0. The minimum absolute atomic E-state index is 0.154. The number of hydrazone groups is 1. The van der Waals surface area contributed by atoms with E-state index >= 15 is 0 Å². The lowest BCUT2D eigenvalue weighted by molar-refractivity contribution is -0.133. The van der Waals surface area contributed by atoms with Gasteiger partial charge in [-0.3, -0.25) is 9.59 Å². The van der Waals surface area contributed by atoms with Crippen molar-refractivity contribution in [1.29, 1.82) is 0 Å². The van der Waals surface area contributed by atoms with Crippen LogP contribution in [-0.4, -0.2) is 24.6 Å². The normalized spacial score (nSPS) is 33.0. The second kappa shape index (κ2) is 8.37. The van der Waals surface area contributed by atoms with E-state index < -0.39 is 5.92 Å². The largest absolute Gasteiger partial charge is 0.355 e. The van der Waals surface area contributed by atoms with E-state index in [0.29, 0.717) is 29.7 Å². The van der Waals surface area contributed by atoms with Crippen LogP contribution in [0, 0.1) is 29.1 Å². The lowest BCUT2D eigenvalue weighted by atomic mass is 9.59. The first kappa shape index (κ1) is 20.8. The number of amides is 2. The van der Waals surface area contributed by atoms with Gasteiger partial charge in [0, 0.05) is 18.7 Å². The Balaban J connectivity index is 1.41. The summed E-state index contributed by atoms with van der Waals surface area (Å²) in [6.07, 6.45) is 8.97. The van der Waals surface area contributed by atoms with Crippen molar-refractivity contribution < 1.29 is 9.59 Å². The molecule has 2 fully saturated rings. The highest BCUT2D eigenvalue weighted by atomic mass is 16.2. The van der Waals surface area contributed by atoms with Crippen molar-refractivity contribution >= 4 is 18.0 Å². The van der Waals surface area contributed by atoms with Gasteiger partial charge in [-0.05, 0) is 54.4 Å². The quantitative estimate of drug-likeness (QED) is 0.342. The second-order valence-corrected chi connectivity index (χ2v) is 9.93. The topological polar surface area (TPSA) is 70.6 Å². The van der Waals surface area contributed by atoms with Crippen molar-refractivity contribution in [2.24, 2.45) is 34.2 Å². The summed E-state index contributed by atoms with van der Waals surface area (Å²) in [6.45, 7) is 7.50. The summed E-state index contributed by atoms with van der Waals surface area (Å²) in [5.41, 5.74) is 5.61. The van der Waals surface area contributed by atoms with E-state index in [2.05, 4.69) is 42.7 Å². The molecule has 0 spiro atoms. The molecule has 1 aliphatic heterocycles. The third kappa shape index (κ3) is 4.07. The Morgan fingerprint density at radius 1 is 1.27 bits per heavy atom. The zero-order valence-corrected chi connectivity index (χ0v) is 18.2. The fourth-order valence-corrected chi connectivity index (χ4v) is 5.58. The first-order valence-electron chi connectivity index (χ1n) is 11.2. The van der Waals surface area contributed by atoms with Crippen LogP contribution in [-0.2, 0) is 9.59 Å². The molecule has 160 valence electrons. The lowest BCUT2D eigenvalue weighted by Gasteiger charge is -2.46. The van der Waals surface area contributed by atoms with Crippen LogP contribution in [0.25, 0.3) is 0 Å². The van der Waals surface area contributed by atoms with Crippen LogP contribution in [0.3, 0.4) is 0 Å². The molecule has 1 saturated heterocycles. The third-order valence-electron chi connectivity index (χ3n) is 7.51. The first-order valence-corrected chi connectivity index (χ1v) is 11.2. The summed E-state index contributed by atoms with van der Waals surface area (Å²) in [5, 5.41) is 7.14. The Labute approximate surface area is 179 Å². The zero-order valence-electron chi connectivity index (χ0n) is 18.2. The average Bonchev–Trinajstić information content (AvgIpc) is 3.10. The van der Waals surface area contributed by atoms with E-state index in [-0.39, 0.29) is 17.7 Å². The first-order chi connectivity index (χ1) is 14.4. The molecule has 0 aromatic heterocycles. The Bertz CT molecular complexity index is 858. The van der Waals surface area contributed by atoms with E-state index in [0.717, 1.165) is 18.4 Å². The molecule has 2 amide bonds. The highest BCUT2D eigenvalue weighted by Gasteiger charge is 2.42. The minimum Gasteiger partial charge on any atom is -0.355 e. The molecule has 5 nitrogen and oxygen atoms in total. The molecular formula is C25H33N3O2. The van der Waals surface area contributed by atoms with E-state index in [1.54, 1.807) is 5.57 Å². The number of benzene rings is 1. The lowest BCUT2D eigenvalue weighted by Crippen LogP contribution is -2.38. The van der Waals surface area contributed by atoms with Gasteiger partial charge >= 0.3 is 0 Å². The van der Waals surface area contributed by atoms with Crippen LogP contribution in [0.2, 0.25) is 0 Å². The molecule has 2 aliphatic carbocycles. The van der Waals surface area contributed by atoms with Gasteiger partial charge in [-0.2, -0.15) is 5.10 Å². The molecule has 4 rings (SSSR count). The number of hydrogen-bond donors (Lipinski definition) is 2. The Hall–Kier alpha value is -2.43. The fraction of sp³-hybridized carbons (Fsp3) is 0.560. The van der Waals surface area contributed by atoms with Crippen molar-refractivity contribution in [1.82, 2.24) is 10.7 Å². The molecule has 0 radical (unpaired) electrons.